The Kier molecular flexibility index (Phi) is 7.02. The van der Waals surface area contributed by atoms with Crippen molar-refractivity contribution in [2.75, 3.05) is 31.6 Å². The van der Waals surface area contributed by atoms with Crippen LogP contribution in [0, 0.1) is 0 Å². The molecule has 0 bridgehead atoms. The summed E-state index contributed by atoms with van der Waals surface area (Å²) >= 11 is 6.46. The van der Waals surface area contributed by atoms with Gasteiger partial charge in [0.15, 0.2) is 5.65 Å². The molecule has 0 spiro atoms. The average molecular weight is 480 g/mol. The first-order chi connectivity index (χ1) is 16.8. The Balaban J connectivity index is 1.24. The fraction of sp³-hybridized carbons (Fsp3) is 0.333. The fourth-order valence-electron chi connectivity index (χ4n) is 3.96. The van der Waals surface area contributed by atoms with Gasteiger partial charge in [-0.05, 0) is 62.7 Å². The van der Waals surface area contributed by atoms with E-state index >= 15 is 0 Å². The molecular weight excluding hydrogens is 454 g/mol. The van der Waals surface area contributed by atoms with Crippen molar-refractivity contribution in [1.82, 2.24) is 30.0 Å². The van der Waals surface area contributed by atoms with E-state index in [1.165, 1.54) is 32.3 Å². The highest BCUT2D eigenvalue weighted by Crippen LogP contribution is 2.33. The molecule has 10 heteroatoms. The van der Waals surface area contributed by atoms with Crippen LogP contribution in [0.2, 0.25) is 5.02 Å². The number of nitrogens with zero attached hydrogens (tertiary/aromatic N) is 5. The summed E-state index contributed by atoms with van der Waals surface area (Å²) in [6, 6.07) is 11.2. The molecule has 4 aromatic rings. The van der Waals surface area contributed by atoms with Crippen LogP contribution in [0.1, 0.15) is 25.0 Å². The highest BCUT2D eigenvalue weighted by molar-refractivity contribution is 6.32. The minimum atomic E-state index is 0.341. The number of aromatic nitrogens is 5. The molecule has 2 N–H and O–H groups in total. The van der Waals surface area contributed by atoms with Gasteiger partial charge in [0.2, 0.25) is 5.88 Å². The number of halogens is 1. The highest BCUT2D eigenvalue weighted by Gasteiger charge is 2.16. The zero-order valence-electron chi connectivity index (χ0n) is 18.7. The van der Waals surface area contributed by atoms with Gasteiger partial charge in [-0.3, -0.25) is 10.1 Å². The monoisotopic (exact) mass is 479 g/mol. The Hall–Kier alpha value is -3.43. The number of ether oxygens (including phenoxy) is 2. The van der Waals surface area contributed by atoms with Gasteiger partial charge in [0.05, 0.1) is 17.3 Å². The maximum atomic E-state index is 6.46. The number of nitrogens with one attached hydrogen (secondary N) is 2. The Labute approximate surface area is 202 Å². The van der Waals surface area contributed by atoms with Gasteiger partial charge < -0.3 is 19.7 Å². The summed E-state index contributed by atoms with van der Waals surface area (Å²) in [7, 11) is 0. The minimum Gasteiger partial charge on any atom is -0.486 e. The highest BCUT2D eigenvalue weighted by atomic mass is 35.5. The van der Waals surface area contributed by atoms with Gasteiger partial charge in [-0.2, -0.15) is 0 Å². The molecule has 1 aromatic carbocycles. The van der Waals surface area contributed by atoms with Crippen molar-refractivity contribution in [2.45, 2.75) is 25.9 Å². The maximum absolute atomic E-state index is 6.46. The largest absolute Gasteiger partial charge is 0.486 e. The van der Waals surface area contributed by atoms with E-state index in [2.05, 4.69) is 35.4 Å². The molecule has 4 heterocycles. The lowest BCUT2D eigenvalue weighted by molar-refractivity contribution is 0.258. The standard InChI is InChI=1S/C24H26ClN7O2/c25-19-14-17(7-8-20(19)34-15-18-6-1-2-9-26-18)29-22-21-23(28-16-27-22)30-31-24(21)33-13-5-12-32-10-3-4-11-32/h1-2,6-9,14,16H,3-5,10-13,15H2,(H2,27,28,29,30,31). The van der Waals surface area contributed by atoms with E-state index in [-0.39, 0.29) is 0 Å². The molecular formula is C24H26ClN7O2. The predicted molar refractivity (Wildman–Crippen MR) is 131 cm³/mol. The first-order valence-corrected chi connectivity index (χ1v) is 11.8. The number of hydrogen-bond acceptors (Lipinski definition) is 8. The number of anilines is 2. The Bertz CT molecular complexity index is 1230. The second kappa shape index (κ2) is 10.7. The molecule has 3 aromatic heterocycles. The van der Waals surface area contributed by atoms with Crippen molar-refractivity contribution in [2.24, 2.45) is 0 Å². The molecule has 0 saturated carbocycles. The van der Waals surface area contributed by atoms with Crippen LogP contribution >= 0.6 is 11.6 Å². The maximum Gasteiger partial charge on any atom is 0.246 e. The summed E-state index contributed by atoms with van der Waals surface area (Å²) in [4.78, 5) is 15.4. The molecule has 1 aliphatic rings. The van der Waals surface area contributed by atoms with Gasteiger partial charge in [-0.25, -0.2) is 9.97 Å². The van der Waals surface area contributed by atoms with Crippen molar-refractivity contribution < 1.29 is 9.47 Å². The molecule has 1 saturated heterocycles. The van der Waals surface area contributed by atoms with Crippen LogP contribution in [0.15, 0.2) is 48.9 Å². The second-order valence-electron chi connectivity index (χ2n) is 8.11. The van der Waals surface area contributed by atoms with E-state index in [0.29, 0.717) is 46.7 Å². The molecule has 1 aliphatic heterocycles. The quantitative estimate of drug-likeness (QED) is 0.318. The lowest BCUT2D eigenvalue weighted by Crippen LogP contribution is -2.21. The first kappa shape index (κ1) is 22.4. The molecule has 34 heavy (non-hydrogen) atoms. The van der Waals surface area contributed by atoms with Crippen molar-refractivity contribution in [3.63, 3.8) is 0 Å². The molecule has 0 atom stereocenters. The van der Waals surface area contributed by atoms with Crippen LogP contribution < -0.4 is 14.8 Å². The number of benzene rings is 1. The molecule has 1 fully saturated rings. The zero-order chi connectivity index (χ0) is 23.2. The third-order valence-electron chi connectivity index (χ3n) is 5.68. The molecule has 0 aliphatic carbocycles. The summed E-state index contributed by atoms with van der Waals surface area (Å²) in [6.07, 6.45) is 6.74. The van der Waals surface area contributed by atoms with E-state index in [0.717, 1.165) is 24.3 Å². The molecule has 9 nitrogen and oxygen atoms in total. The minimum absolute atomic E-state index is 0.341. The van der Waals surface area contributed by atoms with E-state index in [4.69, 9.17) is 21.1 Å². The van der Waals surface area contributed by atoms with Crippen molar-refractivity contribution in [1.29, 1.82) is 0 Å². The second-order valence-corrected chi connectivity index (χ2v) is 8.51. The number of hydrogen-bond donors (Lipinski definition) is 2. The lowest BCUT2D eigenvalue weighted by atomic mass is 10.3. The third-order valence-corrected chi connectivity index (χ3v) is 5.97. The van der Waals surface area contributed by atoms with E-state index in [9.17, 15) is 0 Å². The van der Waals surface area contributed by atoms with Gasteiger partial charge in [-0.15, -0.1) is 5.10 Å². The number of pyridine rings is 1. The van der Waals surface area contributed by atoms with Gasteiger partial charge in [0, 0.05) is 18.4 Å². The SMILES string of the molecule is Clc1cc(Nc2ncnc3[nH]nc(OCCCN4CCCC4)c23)ccc1OCc1ccccn1. The van der Waals surface area contributed by atoms with E-state index < -0.39 is 0 Å². The van der Waals surface area contributed by atoms with Crippen LogP contribution in [0.5, 0.6) is 11.6 Å². The van der Waals surface area contributed by atoms with Crippen LogP contribution in [-0.2, 0) is 6.61 Å². The van der Waals surface area contributed by atoms with Gasteiger partial charge in [0.25, 0.3) is 0 Å². The normalized spacial score (nSPS) is 13.9. The molecule has 0 amide bonds. The van der Waals surface area contributed by atoms with Gasteiger partial charge in [-0.1, -0.05) is 17.7 Å². The first-order valence-electron chi connectivity index (χ1n) is 11.4. The zero-order valence-corrected chi connectivity index (χ0v) is 19.5. The van der Waals surface area contributed by atoms with E-state index in [1.54, 1.807) is 12.3 Å². The molecule has 0 unspecified atom stereocenters. The van der Waals surface area contributed by atoms with Crippen molar-refractivity contribution >= 4 is 34.1 Å². The van der Waals surface area contributed by atoms with Crippen LogP contribution in [0.4, 0.5) is 11.5 Å². The smallest absolute Gasteiger partial charge is 0.246 e. The van der Waals surface area contributed by atoms with Crippen LogP contribution in [0.3, 0.4) is 0 Å². The summed E-state index contributed by atoms with van der Waals surface area (Å²) in [5.74, 6) is 1.66. The average Bonchev–Trinajstić information content (AvgIpc) is 3.53. The number of H-pyrrole nitrogens is 1. The number of rotatable bonds is 10. The number of fused-ring (bicyclic) bond motifs is 1. The lowest BCUT2D eigenvalue weighted by Gasteiger charge is -2.14. The molecule has 176 valence electrons. The summed E-state index contributed by atoms with van der Waals surface area (Å²) in [5, 5.41) is 11.7. The summed E-state index contributed by atoms with van der Waals surface area (Å²) < 4.78 is 11.8. The predicted octanol–water partition coefficient (Wildman–Crippen LogP) is 4.59. The molecule has 5 rings (SSSR count). The summed E-state index contributed by atoms with van der Waals surface area (Å²) in [5.41, 5.74) is 2.20. The Morgan fingerprint density at radius 3 is 2.79 bits per heavy atom. The Morgan fingerprint density at radius 1 is 1.06 bits per heavy atom. The topological polar surface area (TPSA) is 101 Å². The third kappa shape index (κ3) is 5.37. The number of aromatic amines is 1. The van der Waals surface area contributed by atoms with Crippen LogP contribution in [0.25, 0.3) is 11.0 Å². The summed E-state index contributed by atoms with van der Waals surface area (Å²) in [6.45, 7) is 4.33. The fourth-order valence-corrected chi connectivity index (χ4v) is 4.20. The molecule has 0 radical (unpaired) electrons. The van der Waals surface area contributed by atoms with Gasteiger partial charge >= 0.3 is 0 Å². The Morgan fingerprint density at radius 2 is 1.97 bits per heavy atom. The van der Waals surface area contributed by atoms with Crippen LogP contribution in [-0.4, -0.2) is 56.3 Å². The number of likely N-dealkylation sites (tertiary alicyclic amines) is 1. The van der Waals surface area contributed by atoms with E-state index in [1.807, 2.05) is 30.3 Å². The van der Waals surface area contributed by atoms with Crippen molar-refractivity contribution in [3.8, 4) is 11.6 Å². The van der Waals surface area contributed by atoms with Gasteiger partial charge in [0.1, 0.15) is 29.9 Å². The van der Waals surface area contributed by atoms with Crippen molar-refractivity contribution in [3.05, 3.63) is 59.6 Å².